The van der Waals surface area contributed by atoms with Crippen LogP contribution < -0.4 is 5.32 Å². The number of hydrogen-bond acceptors (Lipinski definition) is 3. The van der Waals surface area contributed by atoms with E-state index in [4.69, 9.17) is 4.74 Å². The van der Waals surface area contributed by atoms with Gasteiger partial charge in [0.15, 0.2) is 0 Å². The molecule has 0 unspecified atom stereocenters. The average Bonchev–Trinajstić information content (AvgIpc) is 2.29. The normalized spacial score (nSPS) is 11.2. The van der Waals surface area contributed by atoms with Gasteiger partial charge < -0.3 is 15.2 Å². The summed E-state index contributed by atoms with van der Waals surface area (Å²) in [4.78, 5) is 11.6. The van der Waals surface area contributed by atoms with E-state index in [1.54, 1.807) is 6.07 Å². The van der Waals surface area contributed by atoms with E-state index in [1.165, 1.54) is 5.56 Å². The Bertz CT molecular complexity index is 475. The zero-order valence-electron chi connectivity index (χ0n) is 13.0. The van der Waals surface area contributed by atoms with Crippen molar-refractivity contribution < 1.29 is 14.6 Å². The van der Waals surface area contributed by atoms with Gasteiger partial charge in [0.2, 0.25) is 0 Å². The molecule has 112 valence electrons. The maximum atomic E-state index is 11.6. The highest BCUT2D eigenvalue weighted by Crippen LogP contribution is 2.23. The fourth-order valence-corrected chi connectivity index (χ4v) is 1.95. The van der Waals surface area contributed by atoms with Gasteiger partial charge in [0.05, 0.1) is 0 Å². The number of amides is 1. The quantitative estimate of drug-likeness (QED) is 0.884. The number of nitrogens with one attached hydrogen (secondary N) is 1. The van der Waals surface area contributed by atoms with Crippen LogP contribution in [0.3, 0.4) is 0 Å². The number of carbonyl (C=O) groups excluding carboxylic acids is 1. The molecule has 1 rings (SSSR count). The number of phenolic OH excluding ortho intramolecular Hbond substituents is 1. The summed E-state index contributed by atoms with van der Waals surface area (Å²) in [7, 11) is 0. The lowest BCUT2D eigenvalue weighted by molar-refractivity contribution is 0.0523. The lowest BCUT2D eigenvalue weighted by Gasteiger charge is -2.20. The van der Waals surface area contributed by atoms with Gasteiger partial charge in [-0.25, -0.2) is 4.79 Å². The summed E-state index contributed by atoms with van der Waals surface area (Å²) in [5.74, 6) is 0.207. The molecule has 1 amide bonds. The summed E-state index contributed by atoms with van der Waals surface area (Å²) in [6.07, 6.45) is 1.53. The van der Waals surface area contributed by atoms with Crippen LogP contribution in [0.4, 0.5) is 4.79 Å². The SMILES string of the molecule is CCCc1cc(CNC(=O)OC(C)(C)C)c(O)cc1C. The third-order valence-corrected chi connectivity index (χ3v) is 2.88. The molecule has 0 saturated heterocycles. The van der Waals surface area contributed by atoms with E-state index in [0.717, 1.165) is 18.4 Å². The number of ether oxygens (including phenoxy) is 1. The van der Waals surface area contributed by atoms with E-state index >= 15 is 0 Å². The van der Waals surface area contributed by atoms with Crippen LogP contribution in [0.1, 0.15) is 50.8 Å². The van der Waals surface area contributed by atoms with Gasteiger partial charge in [-0.3, -0.25) is 0 Å². The summed E-state index contributed by atoms with van der Waals surface area (Å²) in [5.41, 5.74) is 2.47. The number of rotatable bonds is 4. The number of carbonyl (C=O) groups is 1. The molecule has 20 heavy (non-hydrogen) atoms. The highest BCUT2D eigenvalue weighted by Gasteiger charge is 2.16. The van der Waals surface area contributed by atoms with Gasteiger partial charge >= 0.3 is 6.09 Å². The lowest BCUT2D eigenvalue weighted by atomic mass is 10.0. The van der Waals surface area contributed by atoms with Crippen molar-refractivity contribution in [2.75, 3.05) is 0 Å². The average molecular weight is 279 g/mol. The first-order chi connectivity index (χ1) is 9.23. The minimum atomic E-state index is -0.521. The van der Waals surface area contributed by atoms with Crippen LogP contribution in [-0.2, 0) is 17.7 Å². The maximum absolute atomic E-state index is 11.6. The molecule has 0 fully saturated rings. The summed E-state index contributed by atoms with van der Waals surface area (Å²) in [5, 5.41) is 12.6. The minimum absolute atomic E-state index is 0.207. The van der Waals surface area contributed by atoms with Gasteiger partial charge in [-0.05, 0) is 51.3 Å². The van der Waals surface area contributed by atoms with Gasteiger partial charge in [-0.2, -0.15) is 0 Å². The smallest absolute Gasteiger partial charge is 0.407 e. The summed E-state index contributed by atoms with van der Waals surface area (Å²) in [6, 6.07) is 3.70. The van der Waals surface area contributed by atoms with Crippen molar-refractivity contribution in [3.8, 4) is 5.75 Å². The zero-order valence-corrected chi connectivity index (χ0v) is 13.0. The number of alkyl carbamates (subject to hydrolysis) is 1. The Morgan fingerprint density at radius 1 is 1.30 bits per heavy atom. The lowest BCUT2D eigenvalue weighted by Crippen LogP contribution is -2.32. The van der Waals surface area contributed by atoms with E-state index < -0.39 is 11.7 Å². The monoisotopic (exact) mass is 279 g/mol. The first kappa shape index (κ1) is 16.3. The summed E-state index contributed by atoms with van der Waals surface area (Å²) >= 11 is 0. The number of aryl methyl sites for hydroxylation is 2. The first-order valence-electron chi connectivity index (χ1n) is 7.01. The van der Waals surface area contributed by atoms with E-state index in [-0.39, 0.29) is 12.3 Å². The Morgan fingerprint density at radius 3 is 2.50 bits per heavy atom. The number of benzene rings is 1. The van der Waals surface area contributed by atoms with E-state index in [2.05, 4.69) is 12.2 Å². The predicted molar refractivity (Wildman–Crippen MR) is 79.9 cm³/mol. The molecule has 4 heteroatoms. The largest absolute Gasteiger partial charge is 0.508 e. The zero-order chi connectivity index (χ0) is 15.3. The fraction of sp³-hybridized carbons (Fsp3) is 0.562. The van der Waals surface area contributed by atoms with Gasteiger partial charge in [-0.15, -0.1) is 0 Å². The predicted octanol–water partition coefficient (Wildman–Crippen LogP) is 3.68. The highest BCUT2D eigenvalue weighted by molar-refractivity contribution is 5.67. The van der Waals surface area contributed by atoms with Crippen molar-refractivity contribution in [2.45, 2.75) is 59.6 Å². The Labute approximate surface area is 121 Å². The van der Waals surface area contributed by atoms with Crippen molar-refractivity contribution >= 4 is 6.09 Å². The van der Waals surface area contributed by atoms with Gasteiger partial charge in [0, 0.05) is 12.1 Å². The standard InChI is InChI=1S/C16H25NO3/c1-6-7-12-9-13(14(18)8-11(12)2)10-17-15(19)20-16(3,4)5/h8-9,18H,6-7,10H2,1-5H3,(H,17,19). The molecule has 0 atom stereocenters. The van der Waals surface area contributed by atoms with Crippen LogP contribution in [0.2, 0.25) is 0 Å². The van der Waals surface area contributed by atoms with Crippen LogP contribution in [0.5, 0.6) is 5.75 Å². The summed E-state index contributed by atoms with van der Waals surface area (Å²) < 4.78 is 5.17. The van der Waals surface area contributed by atoms with Crippen LogP contribution in [0, 0.1) is 6.92 Å². The van der Waals surface area contributed by atoms with Crippen LogP contribution in [-0.4, -0.2) is 16.8 Å². The van der Waals surface area contributed by atoms with Gasteiger partial charge in [0.25, 0.3) is 0 Å². The maximum Gasteiger partial charge on any atom is 0.407 e. The highest BCUT2D eigenvalue weighted by atomic mass is 16.6. The van der Waals surface area contributed by atoms with E-state index in [9.17, 15) is 9.90 Å². The minimum Gasteiger partial charge on any atom is -0.508 e. The molecule has 0 spiro atoms. The number of aromatic hydroxyl groups is 1. The second-order valence-corrected chi connectivity index (χ2v) is 6.01. The molecule has 0 radical (unpaired) electrons. The van der Waals surface area contributed by atoms with Crippen LogP contribution in [0.15, 0.2) is 12.1 Å². The van der Waals surface area contributed by atoms with Crippen molar-refractivity contribution in [2.24, 2.45) is 0 Å². The Kier molecular flexibility index (Phi) is 5.43. The molecule has 0 heterocycles. The second kappa shape index (κ2) is 6.64. The van der Waals surface area contributed by atoms with E-state index in [1.807, 2.05) is 33.8 Å². The van der Waals surface area contributed by atoms with Crippen molar-refractivity contribution in [1.82, 2.24) is 5.32 Å². The van der Waals surface area contributed by atoms with Crippen molar-refractivity contribution in [1.29, 1.82) is 0 Å². The Morgan fingerprint density at radius 2 is 1.95 bits per heavy atom. The Balaban J connectivity index is 2.72. The topological polar surface area (TPSA) is 58.6 Å². The molecule has 0 aliphatic heterocycles. The molecular formula is C16H25NO3. The molecule has 0 aromatic heterocycles. The number of hydrogen-bond donors (Lipinski definition) is 2. The van der Waals surface area contributed by atoms with Crippen molar-refractivity contribution in [3.63, 3.8) is 0 Å². The molecule has 4 nitrogen and oxygen atoms in total. The van der Waals surface area contributed by atoms with Gasteiger partial charge in [0.1, 0.15) is 11.4 Å². The molecule has 2 N–H and O–H groups in total. The van der Waals surface area contributed by atoms with Crippen LogP contribution in [0.25, 0.3) is 0 Å². The molecule has 0 aliphatic rings. The fourth-order valence-electron chi connectivity index (χ4n) is 1.95. The molecular weight excluding hydrogens is 254 g/mol. The van der Waals surface area contributed by atoms with Gasteiger partial charge in [-0.1, -0.05) is 19.4 Å². The summed E-state index contributed by atoms with van der Waals surface area (Å²) in [6.45, 7) is 9.80. The third kappa shape index (κ3) is 5.11. The molecule has 0 bridgehead atoms. The molecule has 1 aromatic carbocycles. The van der Waals surface area contributed by atoms with E-state index in [0.29, 0.717) is 5.56 Å². The van der Waals surface area contributed by atoms with Crippen molar-refractivity contribution in [3.05, 3.63) is 28.8 Å². The third-order valence-electron chi connectivity index (χ3n) is 2.88. The van der Waals surface area contributed by atoms with Crippen LogP contribution >= 0.6 is 0 Å². The first-order valence-corrected chi connectivity index (χ1v) is 7.01. The Hall–Kier alpha value is -1.71. The number of phenols is 1. The molecule has 1 aromatic rings. The second-order valence-electron chi connectivity index (χ2n) is 6.01. The molecule has 0 saturated carbocycles. The molecule has 0 aliphatic carbocycles.